The molecule has 3 heterocycles. The third kappa shape index (κ3) is 4.81. The number of nitrogens with one attached hydrogen (secondary N) is 2. The molecular formula is C24H27N5. The molecule has 29 heavy (non-hydrogen) atoms. The number of anilines is 1. The van der Waals surface area contributed by atoms with Crippen molar-refractivity contribution in [2.24, 2.45) is 0 Å². The number of pyridine rings is 1. The lowest BCUT2D eigenvalue weighted by molar-refractivity contribution is 0.331. The van der Waals surface area contributed by atoms with Crippen LogP contribution in [-0.2, 0) is 6.54 Å². The van der Waals surface area contributed by atoms with Crippen molar-refractivity contribution in [1.29, 1.82) is 0 Å². The van der Waals surface area contributed by atoms with Crippen molar-refractivity contribution in [2.45, 2.75) is 26.3 Å². The minimum atomic E-state index is 0.771. The second-order valence-electron chi connectivity index (χ2n) is 7.51. The molecule has 1 aromatic carbocycles. The fraction of sp³-hybridized carbons (Fsp3) is 0.250. The van der Waals surface area contributed by atoms with Crippen molar-refractivity contribution in [3.63, 3.8) is 0 Å². The van der Waals surface area contributed by atoms with E-state index < -0.39 is 0 Å². The van der Waals surface area contributed by atoms with Gasteiger partial charge in [-0.1, -0.05) is 36.9 Å². The number of aromatic nitrogens is 3. The Kier molecular flexibility index (Phi) is 5.86. The van der Waals surface area contributed by atoms with Crippen LogP contribution in [0.2, 0.25) is 0 Å². The molecule has 0 saturated carbocycles. The normalized spacial score (nSPS) is 14.5. The summed E-state index contributed by atoms with van der Waals surface area (Å²) in [5.74, 6) is 0. The fourth-order valence-corrected chi connectivity index (χ4v) is 3.65. The smallest absolute Gasteiger partial charge is 0.115 e. The van der Waals surface area contributed by atoms with Gasteiger partial charge in [-0.05, 0) is 62.2 Å². The van der Waals surface area contributed by atoms with Crippen LogP contribution in [0.1, 0.15) is 40.9 Å². The van der Waals surface area contributed by atoms with Gasteiger partial charge < -0.3 is 5.32 Å². The summed E-state index contributed by atoms with van der Waals surface area (Å²) in [5.41, 5.74) is 7.03. The number of hydrogen-bond acceptors (Lipinski definition) is 4. The average Bonchev–Trinajstić information content (AvgIpc) is 3.38. The molecule has 5 heteroatoms. The zero-order chi connectivity index (χ0) is 20.1. The van der Waals surface area contributed by atoms with E-state index in [4.69, 9.17) is 0 Å². The van der Waals surface area contributed by atoms with E-state index in [2.05, 4.69) is 62.3 Å². The Bertz CT molecular complexity index is 980. The molecule has 0 spiro atoms. The molecule has 0 unspecified atom stereocenters. The van der Waals surface area contributed by atoms with Crippen molar-refractivity contribution in [3.05, 3.63) is 83.4 Å². The first kappa shape index (κ1) is 19.2. The predicted molar refractivity (Wildman–Crippen MR) is 120 cm³/mol. The van der Waals surface area contributed by atoms with Crippen LogP contribution in [0.5, 0.6) is 0 Å². The Morgan fingerprint density at radius 2 is 1.97 bits per heavy atom. The Morgan fingerprint density at radius 3 is 2.69 bits per heavy atom. The van der Waals surface area contributed by atoms with Gasteiger partial charge in [0.1, 0.15) is 5.69 Å². The summed E-state index contributed by atoms with van der Waals surface area (Å²) < 4.78 is 0. The molecule has 2 N–H and O–H groups in total. The van der Waals surface area contributed by atoms with E-state index in [0.717, 1.165) is 40.4 Å². The van der Waals surface area contributed by atoms with Gasteiger partial charge in [-0.15, -0.1) is 0 Å². The summed E-state index contributed by atoms with van der Waals surface area (Å²) >= 11 is 0. The van der Waals surface area contributed by atoms with Gasteiger partial charge in [0.15, 0.2) is 0 Å². The average molecular weight is 386 g/mol. The van der Waals surface area contributed by atoms with E-state index in [9.17, 15) is 0 Å². The predicted octanol–water partition coefficient (Wildman–Crippen LogP) is 4.96. The minimum absolute atomic E-state index is 0.771. The van der Waals surface area contributed by atoms with Crippen LogP contribution < -0.4 is 5.32 Å². The molecule has 2 aromatic heterocycles. The number of aryl methyl sites for hydroxylation is 1. The van der Waals surface area contributed by atoms with Crippen LogP contribution in [-0.4, -0.2) is 33.2 Å². The zero-order valence-corrected chi connectivity index (χ0v) is 16.9. The number of nitrogens with zero attached hydrogens (tertiary/aromatic N) is 3. The SMILES string of the molecule is C=C(Nc1ccc(CN2CCCC2)cc1)c1n[nH]c(C)c1/C=C/c1cccnc1. The lowest BCUT2D eigenvalue weighted by Gasteiger charge is -2.15. The first-order chi connectivity index (χ1) is 14.2. The molecule has 0 bridgehead atoms. The van der Waals surface area contributed by atoms with Gasteiger partial charge in [0.2, 0.25) is 0 Å². The molecule has 0 amide bonds. The first-order valence-electron chi connectivity index (χ1n) is 10.1. The van der Waals surface area contributed by atoms with E-state index in [-0.39, 0.29) is 0 Å². The van der Waals surface area contributed by atoms with E-state index in [0.29, 0.717) is 0 Å². The van der Waals surface area contributed by atoms with Crippen LogP contribution in [0.4, 0.5) is 5.69 Å². The summed E-state index contributed by atoms with van der Waals surface area (Å²) in [6, 6.07) is 12.6. The van der Waals surface area contributed by atoms with Crippen LogP contribution in [0.25, 0.3) is 17.8 Å². The molecule has 3 aromatic rings. The molecule has 4 rings (SSSR count). The molecular weight excluding hydrogens is 358 g/mol. The van der Waals surface area contributed by atoms with Crippen LogP contribution in [0.3, 0.4) is 0 Å². The van der Waals surface area contributed by atoms with E-state index >= 15 is 0 Å². The number of hydrogen-bond donors (Lipinski definition) is 2. The number of rotatable bonds is 7. The highest BCUT2D eigenvalue weighted by atomic mass is 15.1. The van der Waals surface area contributed by atoms with Gasteiger partial charge in [-0.3, -0.25) is 15.0 Å². The van der Waals surface area contributed by atoms with Gasteiger partial charge in [-0.2, -0.15) is 5.10 Å². The van der Waals surface area contributed by atoms with Crippen LogP contribution in [0, 0.1) is 6.92 Å². The number of aromatic amines is 1. The molecule has 0 aliphatic carbocycles. The van der Waals surface area contributed by atoms with Gasteiger partial charge in [0.05, 0.1) is 5.70 Å². The molecule has 1 saturated heterocycles. The lowest BCUT2D eigenvalue weighted by Crippen LogP contribution is -2.18. The highest BCUT2D eigenvalue weighted by Crippen LogP contribution is 2.23. The molecule has 148 valence electrons. The third-order valence-electron chi connectivity index (χ3n) is 5.26. The second kappa shape index (κ2) is 8.88. The Labute approximate surface area is 172 Å². The van der Waals surface area contributed by atoms with Crippen molar-refractivity contribution in [3.8, 4) is 0 Å². The van der Waals surface area contributed by atoms with Gasteiger partial charge in [-0.25, -0.2) is 0 Å². The van der Waals surface area contributed by atoms with E-state index in [1.807, 2.05) is 31.3 Å². The van der Waals surface area contributed by atoms with Crippen molar-refractivity contribution in [1.82, 2.24) is 20.1 Å². The lowest BCUT2D eigenvalue weighted by atomic mass is 10.1. The number of likely N-dealkylation sites (tertiary alicyclic amines) is 1. The molecule has 1 aliphatic rings. The Balaban J connectivity index is 1.44. The Morgan fingerprint density at radius 1 is 1.17 bits per heavy atom. The summed E-state index contributed by atoms with van der Waals surface area (Å²) in [4.78, 5) is 6.66. The molecule has 1 fully saturated rings. The van der Waals surface area contributed by atoms with Crippen LogP contribution >= 0.6 is 0 Å². The van der Waals surface area contributed by atoms with Crippen molar-refractivity contribution >= 4 is 23.5 Å². The number of H-pyrrole nitrogens is 1. The highest BCUT2D eigenvalue weighted by molar-refractivity contribution is 5.82. The minimum Gasteiger partial charge on any atom is -0.354 e. The number of benzene rings is 1. The summed E-state index contributed by atoms with van der Waals surface area (Å²) in [6.07, 6.45) is 10.3. The van der Waals surface area contributed by atoms with E-state index in [1.165, 1.54) is 31.5 Å². The highest BCUT2D eigenvalue weighted by Gasteiger charge is 2.13. The maximum Gasteiger partial charge on any atom is 0.115 e. The maximum atomic E-state index is 4.45. The molecule has 0 atom stereocenters. The van der Waals surface area contributed by atoms with Gasteiger partial charge in [0.25, 0.3) is 0 Å². The Hall–Kier alpha value is -3.18. The summed E-state index contributed by atoms with van der Waals surface area (Å²) in [5, 5.41) is 10.9. The largest absolute Gasteiger partial charge is 0.354 e. The van der Waals surface area contributed by atoms with Gasteiger partial charge >= 0.3 is 0 Å². The first-order valence-corrected chi connectivity index (χ1v) is 10.1. The van der Waals surface area contributed by atoms with Crippen molar-refractivity contribution in [2.75, 3.05) is 18.4 Å². The molecule has 0 radical (unpaired) electrons. The van der Waals surface area contributed by atoms with Crippen LogP contribution in [0.15, 0.2) is 55.4 Å². The topological polar surface area (TPSA) is 56.8 Å². The molecule has 5 nitrogen and oxygen atoms in total. The van der Waals surface area contributed by atoms with Crippen molar-refractivity contribution < 1.29 is 0 Å². The second-order valence-corrected chi connectivity index (χ2v) is 7.51. The fourth-order valence-electron chi connectivity index (χ4n) is 3.65. The molecule has 1 aliphatic heterocycles. The zero-order valence-electron chi connectivity index (χ0n) is 16.9. The van der Waals surface area contributed by atoms with E-state index in [1.54, 1.807) is 6.20 Å². The third-order valence-corrected chi connectivity index (χ3v) is 5.26. The maximum absolute atomic E-state index is 4.45. The monoisotopic (exact) mass is 385 g/mol. The standard InChI is InChI=1S/C24H27N5/c1-18-23(12-9-20-6-5-13-25-16-20)24(28-27-18)19(2)26-22-10-7-21(8-11-22)17-29-14-3-4-15-29/h5-13,16,26H,2-4,14-15,17H2,1H3,(H,27,28)/b12-9+. The summed E-state index contributed by atoms with van der Waals surface area (Å²) in [7, 11) is 0. The van der Waals surface area contributed by atoms with Gasteiger partial charge in [0, 0.05) is 35.9 Å². The quantitative estimate of drug-likeness (QED) is 0.603. The summed E-state index contributed by atoms with van der Waals surface area (Å²) in [6.45, 7) is 9.68.